The summed E-state index contributed by atoms with van der Waals surface area (Å²) in [7, 11) is 0. The van der Waals surface area contributed by atoms with Crippen LogP contribution in [0.5, 0.6) is 0 Å². The number of aliphatic hydroxyl groups excluding tert-OH is 1. The van der Waals surface area contributed by atoms with Crippen molar-refractivity contribution in [3.63, 3.8) is 0 Å². The van der Waals surface area contributed by atoms with Crippen LogP contribution in [0.2, 0.25) is 0 Å². The molecule has 0 saturated carbocycles. The van der Waals surface area contributed by atoms with Crippen LogP contribution in [0.4, 0.5) is 0 Å². The van der Waals surface area contributed by atoms with Gasteiger partial charge in [-0.2, -0.15) is 0 Å². The van der Waals surface area contributed by atoms with Crippen molar-refractivity contribution in [3.05, 3.63) is 47.0 Å². The van der Waals surface area contributed by atoms with Crippen molar-refractivity contribution in [2.45, 2.75) is 51.6 Å². The van der Waals surface area contributed by atoms with Gasteiger partial charge in [-0.1, -0.05) is 43.7 Å². The van der Waals surface area contributed by atoms with Crippen molar-refractivity contribution in [1.29, 1.82) is 0 Å². The summed E-state index contributed by atoms with van der Waals surface area (Å²) >= 11 is 0. The van der Waals surface area contributed by atoms with E-state index in [0.717, 1.165) is 37.5 Å². The molecule has 4 rings (SSSR count). The Morgan fingerprint density at radius 1 is 1.12 bits per heavy atom. The number of piperidine rings is 1. The Morgan fingerprint density at radius 3 is 2.67 bits per heavy atom. The van der Waals surface area contributed by atoms with Crippen LogP contribution in [-0.4, -0.2) is 29.6 Å². The molecule has 1 fully saturated rings. The van der Waals surface area contributed by atoms with E-state index in [2.05, 4.69) is 42.2 Å². The third-order valence-electron chi connectivity index (χ3n) is 5.97. The summed E-state index contributed by atoms with van der Waals surface area (Å²) in [5.74, 6) is 0.755. The van der Waals surface area contributed by atoms with Gasteiger partial charge in [-0.25, -0.2) is 0 Å². The number of nitrogens with zero attached hydrogens (tertiary/aromatic N) is 1. The van der Waals surface area contributed by atoms with E-state index in [1.165, 1.54) is 54.0 Å². The maximum absolute atomic E-state index is 11.0. The van der Waals surface area contributed by atoms with Crippen LogP contribution >= 0.6 is 0 Å². The van der Waals surface area contributed by atoms with Crippen LogP contribution in [0.25, 0.3) is 10.8 Å². The van der Waals surface area contributed by atoms with Crippen molar-refractivity contribution < 1.29 is 5.11 Å². The quantitative estimate of drug-likeness (QED) is 0.900. The fourth-order valence-corrected chi connectivity index (χ4v) is 4.63. The lowest BCUT2D eigenvalue weighted by atomic mass is 9.80. The van der Waals surface area contributed by atoms with Crippen molar-refractivity contribution in [3.8, 4) is 0 Å². The van der Waals surface area contributed by atoms with Crippen LogP contribution in [0.15, 0.2) is 30.3 Å². The number of benzene rings is 2. The predicted molar refractivity (Wildman–Crippen MR) is 100 cm³/mol. The first kappa shape index (κ1) is 16.1. The lowest BCUT2D eigenvalue weighted by Crippen LogP contribution is -2.33. The Morgan fingerprint density at radius 2 is 1.88 bits per heavy atom. The van der Waals surface area contributed by atoms with Gasteiger partial charge in [-0.05, 0) is 78.6 Å². The molecule has 2 heteroatoms. The molecule has 0 bridgehead atoms. The minimum Gasteiger partial charge on any atom is -0.387 e. The number of hydrogen-bond acceptors (Lipinski definition) is 2. The van der Waals surface area contributed by atoms with Crippen molar-refractivity contribution in [1.82, 2.24) is 4.90 Å². The lowest BCUT2D eigenvalue weighted by Gasteiger charge is -2.30. The van der Waals surface area contributed by atoms with Gasteiger partial charge in [0.15, 0.2) is 0 Å². The van der Waals surface area contributed by atoms with Crippen molar-refractivity contribution >= 4 is 10.8 Å². The van der Waals surface area contributed by atoms with Crippen LogP contribution in [0.1, 0.15) is 55.4 Å². The average molecular weight is 323 g/mol. The molecule has 0 amide bonds. The highest BCUT2D eigenvalue weighted by Crippen LogP contribution is 2.36. The summed E-state index contributed by atoms with van der Waals surface area (Å²) in [6.07, 6.45) is 7.13. The molecule has 1 saturated heterocycles. The van der Waals surface area contributed by atoms with E-state index in [-0.39, 0.29) is 6.10 Å². The Balaban J connectivity index is 1.71. The van der Waals surface area contributed by atoms with Crippen LogP contribution in [0, 0.1) is 5.92 Å². The van der Waals surface area contributed by atoms with Gasteiger partial charge in [0, 0.05) is 6.54 Å². The normalized spacial score (nSPS) is 23.2. The van der Waals surface area contributed by atoms with E-state index in [1.807, 2.05) is 0 Å². The van der Waals surface area contributed by atoms with Gasteiger partial charge in [0.1, 0.15) is 0 Å². The zero-order valence-corrected chi connectivity index (χ0v) is 14.8. The van der Waals surface area contributed by atoms with Crippen LogP contribution < -0.4 is 0 Å². The smallest absolute Gasteiger partial charge is 0.0923 e. The summed E-state index contributed by atoms with van der Waals surface area (Å²) in [5, 5.41) is 13.6. The summed E-state index contributed by atoms with van der Waals surface area (Å²) < 4.78 is 0. The van der Waals surface area contributed by atoms with E-state index in [0.29, 0.717) is 0 Å². The van der Waals surface area contributed by atoms with Gasteiger partial charge >= 0.3 is 0 Å². The summed E-state index contributed by atoms with van der Waals surface area (Å²) in [6.45, 7) is 5.40. The molecule has 128 valence electrons. The Labute approximate surface area is 145 Å². The average Bonchev–Trinajstić information content (AvgIpc) is 2.61. The molecule has 24 heavy (non-hydrogen) atoms. The first-order valence-electron chi connectivity index (χ1n) is 9.66. The molecule has 0 radical (unpaired) electrons. The molecule has 1 N–H and O–H groups in total. The SMILES string of the molecule is CC1CCc2c(cc(C(O)CN3CCCCC3)c3ccccc23)C1. The molecule has 2 atom stereocenters. The van der Waals surface area contributed by atoms with Gasteiger partial charge in [0.2, 0.25) is 0 Å². The molecule has 2 aromatic rings. The second-order valence-electron chi connectivity index (χ2n) is 7.87. The Bertz CT molecular complexity index is 717. The summed E-state index contributed by atoms with van der Waals surface area (Å²) in [6, 6.07) is 11.0. The van der Waals surface area contributed by atoms with E-state index < -0.39 is 0 Å². The number of fused-ring (bicyclic) bond motifs is 3. The highest BCUT2D eigenvalue weighted by Gasteiger charge is 2.23. The first-order valence-corrected chi connectivity index (χ1v) is 9.66. The minimum atomic E-state index is -0.379. The van der Waals surface area contributed by atoms with Crippen LogP contribution in [-0.2, 0) is 12.8 Å². The number of rotatable bonds is 3. The monoisotopic (exact) mass is 323 g/mol. The number of aliphatic hydroxyl groups is 1. The molecular formula is C22H29NO. The number of hydrogen-bond donors (Lipinski definition) is 1. The molecule has 1 heterocycles. The van der Waals surface area contributed by atoms with Crippen molar-refractivity contribution in [2.24, 2.45) is 5.92 Å². The summed E-state index contributed by atoms with van der Waals surface area (Å²) in [5.41, 5.74) is 4.14. The molecule has 2 nitrogen and oxygen atoms in total. The third kappa shape index (κ3) is 3.10. The predicted octanol–water partition coefficient (Wildman–Crippen LogP) is 4.48. The third-order valence-corrected chi connectivity index (χ3v) is 5.97. The highest BCUT2D eigenvalue weighted by molar-refractivity contribution is 5.90. The highest BCUT2D eigenvalue weighted by atomic mass is 16.3. The molecule has 1 aliphatic heterocycles. The van der Waals surface area contributed by atoms with Crippen molar-refractivity contribution in [2.75, 3.05) is 19.6 Å². The zero-order chi connectivity index (χ0) is 16.5. The Hall–Kier alpha value is -1.38. The van der Waals surface area contributed by atoms with Gasteiger partial charge in [-0.3, -0.25) is 0 Å². The molecule has 2 aliphatic rings. The molecule has 2 aromatic carbocycles. The molecule has 0 aromatic heterocycles. The van der Waals surface area contributed by atoms with Gasteiger partial charge < -0.3 is 10.0 Å². The second kappa shape index (κ2) is 6.85. The Kier molecular flexibility index (Phi) is 4.60. The molecule has 1 aliphatic carbocycles. The van der Waals surface area contributed by atoms with E-state index in [4.69, 9.17) is 0 Å². The standard InChI is InChI=1S/C22H29NO/c1-16-9-10-18-17(13-16)14-21(20-8-4-3-7-19(18)20)22(24)15-23-11-5-2-6-12-23/h3-4,7-8,14,16,22,24H,2,5-6,9-13,15H2,1H3. The maximum atomic E-state index is 11.0. The number of aryl methyl sites for hydroxylation is 1. The van der Waals surface area contributed by atoms with Gasteiger partial charge in [-0.15, -0.1) is 0 Å². The second-order valence-corrected chi connectivity index (χ2v) is 7.87. The van der Waals surface area contributed by atoms with Crippen LogP contribution in [0.3, 0.4) is 0 Å². The fraction of sp³-hybridized carbons (Fsp3) is 0.545. The van der Waals surface area contributed by atoms with E-state index >= 15 is 0 Å². The maximum Gasteiger partial charge on any atom is 0.0923 e. The van der Waals surface area contributed by atoms with Gasteiger partial charge in [0.05, 0.1) is 6.10 Å². The van der Waals surface area contributed by atoms with Gasteiger partial charge in [0.25, 0.3) is 0 Å². The number of β-amino-alcohol motifs (C(OH)–C–C–N with tert-alkyl or cyclic N) is 1. The van der Waals surface area contributed by atoms with E-state index in [1.54, 1.807) is 0 Å². The zero-order valence-electron chi connectivity index (χ0n) is 14.8. The number of likely N-dealkylation sites (tertiary alicyclic amines) is 1. The molecular weight excluding hydrogens is 294 g/mol. The summed E-state index contributed by atoms with van der Waals surface area (Å²) in [4.78, 5) is 2.44. The first-order chi connectivity index (χ1) is 11.7. The van der Waals surface area contributed by atoms with E-state index in [9.17, 15) is 5.11 Å². The topological polar surface area (TPSA) is 23.5 Å². The molecule has 2 unspecified atom stereocenters. The lowest BCUT2D eigenvalue weighted by molar-refractivity contribution is 0.102. The largest absolute Gasteiger partial charge is 0.387 e. The fourth-order valence-electron chi connectivity index (χ4n) is 4.63. The molecule has 0 spiro atoms. The minimum absolute atomic E-state index is 0.379.